The normalized spacial score (nSPS) is 11.1. The molecular formula is C13H17ClN2O2S. The number of hydrogen-bond donors (Lipinski definition) is 1. The zero-order valence-corrected chi connectivity index (χ0v) is 12.4. The molecule has 2 rings (SSSR count). The Labute approximate surface area is 121 Å². The fourth-order valence-electron chi connectivity index (χ4n) is 1.59. The second-order valence-electron chi connectivity index (χ2n) is 4.02. The first-order chi connectivity index (χ1) is 9.29. The quantitative estimate of drug-likeness (QED) is 0.759. The highest BCUT2D eigenvalue weighted by molar-refractivity contribution is 7.22. The predicted octanol–water partition coefficient (Wildman–Crippen LogP) is 3.41. The third-order valence-corrected chi connectivity index (χ3v) is 3.75. The SMILES string of the molecule is COCCOCCCNc1nc2cc(Cl)ccc2s1. The Morgan fingerprint density at radius 1 is 1.32 bits per heavy atom. The number of rotatable bonds is 8. The number of halogens is 1. The molecule has 0 bridgehead atoms. The number of methoxy groups -OCH3 is 1. The van der Waals surface area contributed by atoms with E-state index in [4.69, 9.17) is 21.1 Å². The van der Waals surface area contributed by atoms with Gasteiger partial charge in [0.25, 0.3) is 0 Å². The van der Waals surface area contributed by atoms with Gasteiger partial charge < -0.3 is 14.8 Å². The predicted molar refractivity (Wildman–Crippen MR) is 80.4 cm³/mol. The lowest BCUT2D eigenvalue weighted by Crippen LogP contribution is -2.08. The maximum absolute atomic E-state index is 5.93. The van der Waals surface area contributed by atoms with Crippen LogP contribution in [0.2, 0.25) is 5.02 Å². The lowest BCUT2D eigenvalue weighted by molar-refractivity contribution is 0.0705. The van der Waals surface area contributed by atoms with E-state index in [1.807, 2.05) is 18.2 Å². The van der Waals surface area contributed by atoms with Gasteiger partial charge in [-0.15, -0.1) is 0 Å². The van der Waals surface area contributed by atoms with Gasteiger partial charge in [-0.05, 0) is 24.6 Å². The van der Waals surface area contributed by atoms with Gasteiger partial charge in [-0.25, -0.2) is 4.98 Å². The highest BCUT2D eigenvalue weighted by atomic mass is 35.5. The van der Waals surface area contributed by atoms with E-state index in [2.05, 4.69) is 10.3 Å². The number of anilines is 1. The topological polar surface area (TPSA) is 43.4 Å². The van der Waals surface area contributed by atoms with E-state index in [0.29, 0.717) is 13.2 Å². The Balaban J connectivity index is 1.72. The first kappa shape index (κ1) is 14.5. The molecule has 0 atom stereocenters. The molecule has 4 nitrogen and oxygen atoms in total. The van der Waals surface area contributed by atoms with E-state index in [9.17, 15) is 0 Å². The number of fused-ring (bicyclic) bond motifs is 1. The van der Waals surface area contributed by atoms with Gasteiger partial charge >= 0.3 is 0 Å². The Kier molecular flexibility index (Phi) is 5.85. The van der Waals surface area contributed by atoms with Crippen LogP contribution in [-0.2, 0) is 9.47 Å². The molecule has 19 heavy (non-hydrogen) atoms. The zero-order valence-electron chi connectivity index (χ0n) is 10.8. The number of thiazole rings is 1. The van der Waals surface area contributed by atoms with Crippen LogP contribution in [0.3, 0.4) is 0 Å². The molecule has 0 fully saturated rings. The molecule has 0 amide bonds. The Bertz CT molecular complexity index is 518. The summed E-state index contributed by atoms with van der Waals surface area (Å²) in [5, 5.41) is 4.94. The molecule has 1 aromatic heterocycles. The molecule has 1 N–H and O–H groups in total. The number of hydrogen-bond acceptors (Lipinski definition) is 5. The van der Waals surface area contributed by atoms with Crippen LogP contribution in [0.4, 0.5) is 5.13 Å². The average molecular weight is 301 g/mol. The lowest BCUT2D eigenvalue weighted by atomic mass is 10.3. The summed E-state index contributed by atoms with van der Waals surface area (Å²) in [5.74, 6) is 0. The molecule has 1 heterocycles. The van der Waals surface area contributed by atoms with Crippen LogP contribution in [0.1, 0.15) is 6.42 Å². The minimum Gasteiger partial charge on any atom is -0.382 e. The minimum absolute atomic E-state index is 0.645. The summed E-state index contributed by atoms with van der Waals surface area (Å²) in [6.45, 7) is 2.87. The van der Waals surface area contributed by atoms with Gasteiger partial charge in [0.15, 0.2) is 5.13 Å². The standard InChI is InChI=1S/C13H17ClN2O2S/c1-17-7-8-18-6-2-5-15-13-16-11-9-10(14)3-4-12(11)19-13/h3-4,9H,2,5-8H2,1H3,(H,15,16). The van der Waals surface area contributed by atoms with Crippen LogP contribution in [0.15, 0.2) is 18.2 Å². The van der Waals surface area contributed by atoms with Crippen LogP contribution in [-0.4, -0.2) is 38.5 Å². The summed E-state index contributed by atoms with van der Waals surface area (Å²) in [4.78, 5) is 4.48. The third kappa shape index (κ3) is 4.62. The maximum Gasteiger partial charge on any atom is 0.183 e. The number of ether oxygens (including phenoxy) is 2. The summed E-state index contributed by atoms with van der Waals surface area (Å²) in [6, 6.07) is 5.76. The van der Waals surface area contributed by atoms with Crippen molar-refractivity contribution in [3.8, 4) is 0 Å². The van der Waals surface area contributed by atoms with Crippen LogP contribution < -0.4 is 5.32 Å². The molecule has 0 radical (unpaired) electrons. The highest BCUT2D eigenvalue weighted by Crippen LogP contribution is 2.27. The van der Waals surface area contributed by atoms with Gasteiger partial charge in [0.2, 0.25) is 0 Å². The van der Waals surface area contributed by atoms with Crippen LogP contribution >= 0.6 is 22.9 Å². The molecule has 0 aliphatic heterocycles. The number of nitrogens with zero attached hydrogens (tertiary/aromatic N) is 1. The van der Waals surface area contributed by atoms with Crippen molar-refractivity contribution in [3.05, 3.63) is 23.2 Å². The van der Waals surface area contributed by atoms with Crippen molar-refractivity contribution in [2.24, 2.45) is 0 Å². The molecule has 0 aliphatic rings. The van der Waals surface area contributed by atoms with Gasteiger partial charge in [0, 0.05) is 25.3 Å². The first-order valence-electron chi connectivity index (χ1n) is 6.16. The molecule has 104 valence electrons. The van der Waals surface area contributed by atoms with E-state index in [-0.39, 0.29) is 0 Å². The van der Waals surface area contributed by atoms with Crippen molar-refractivity contribution >= 4 is 38.3 Å². The molecule has 2 aromatic rings. The van der Waals surface area contributed by atoms with Crippen molar-refractivity contribution in [1.29, 1.82) is 0 Å². The van der Waals surface area contributed by atoms with E-state index >= 15 is 0 Å². The molecule has 0 unspecified atom stereocenters. The second kappa shape index (κ2) is 7.65. The Morgan fingerprint density at radius 2 is 2.21 bits per heavy atom. The summed E-state index contributed by atoms with van der Waals surface area (Å²) in [6.07, 6.45) is 0.945. The second-order valence-corrected chi connectivity index (χ2v) is 5.48. The smallest absolute Gasteiger partial charge is 0.183 e. The molecule has 0 spiro atoms. The molecule has 6 heteroatoms. The molecule has 1 aromatic carbocycles. The lowest BCUT2D eigenvalue weighted by Gasteiger charge is -2.04. The van der Waals surface area contributed by atoms with Gasteiger partial charge in [0.05, 0.1) is 23.4 Å². The van der Waals surface area contributed by atoms with Crippen molar-refractivity contribution in [3.63, 3.8) is 0 Å². The monoisotopic (exact) mass is 300 g/mol. The fourth-order valence-corrected chi connectivity index (χ4v) is 2.63. The minimum atomic E-state index is 0.645. The van der Waals surface area contributed by atoms with E-state index in [1.54, 1.807) is 18.4 Å². The van der Waals surface area contributed by atoms with Crippen molar-refractivity contribution in [1.82, 2.24) is 4.98 Å². The molecule has 0 aliphatic carbocycles. The Morgan fingerprint density at radius 3 is 3.05 bits per heavy atom. The number of benzene rings is 1. The number of nitrogens with one attached hydrogen (secondary N) is 1. The van der Waals surface area contributed by atoms with Crippen molar-refractivity contribution < 1.29 is 9.47 Å². The van der Waals surface area contributed by atoms with Crippen molar-refractivity contribution in [2.45, 2.75) is 6.42 Å². The Hall–Kier alpha value is -0.880. The van der Waals surface area contributed by atoms with Crippen LogP contribution in [0.5, 0.6) is 0 Å². The average Bonchev–Trinajstić information content (AvgIpc) is 2.79. The molecule has 0 saturated heterocycles. The highest BCUT2D eigenvalue weighted by Gasteiger charge is 2.03. The number of aromatic nitrogens is 1. The molecular weight excluding hydrogens is 284 g/mol. The van der Waals surface area contributed by atoms with Gasteiger partial charge in [0.1, 0.15) is 0 Å². The van der Waals surface area contributed by atoms with E-state index in [0.717, 1.165) is 39.9 Å². The van der Waals surface area contributed by atoms with Crippen molar-refractivity contribution in [2.75, 3.05) is 38.8 Å². The van der Waals surface area contributed by atoms with Gasteiger partial charge in [-0.3, -0.25) is 0 Å². The van der Waals surface area contributed by atoms with E-state index in [1.165, 1.54) is 0 Å². The molecule has 0 saturated carbocycles. The maximum atomic E-state index is 5.93. The zero-order chi connectivity index (χ0) is 13.5. The summed E-state index contributed by atoms with van der Waals surface area (Å²) < 4.78 is 11.4. The summed E-state index contributed by atoms with van der Waals surface area (Å²) in [5.41, 5.74) is 0.941. The summed E-state index contributed by atoms with van der Waals surface area (Å²) in [7, 11) is 1.67. The summed E-state index contributed by atoms with van der Waals surface area (Å²) >= 11 is 7.57. The van der Waals surface area contributed by atoms with E-state index < -0.39 is 0 Å². The first-order valence-corrected chi connectivity index (χ1v) is 7.35. The van der Waals surface area contributed by atoms with Gasteiger partial charge in [-0.2, -0.15) is 0 Å². The third-order valence-electron chi connectivity index (χ3n) is 2.52. The fraction of sp³-hybridized carbons (Fsp3) is 0.462. The van der Waals surface area contributed by atoms with Gasteiger partial charge in [-0.1, -0.05) is 22.9 Å². The largest absolute Gasteiger partial charge is 0.382 e. The van der Waals surface area contributed by atoms with Crippen LogP contribution in [0, 0.1) is 0 Å². The van der Waals surface area contributed by atoms with Crippen LogP contribution in [0.25, 0.3) is 10.2 Å².